The number of rotatable bonds is 0. The third kappa shape index (κ3) is 1.10. The fraction of sp³-hybridized carbons (Fsp3) is 0.833. The second-order valence-corrected chi connectivity index (χ2v) is 5.53. The van der Waals surface area contributed by atoms with Gasteiger partial charge in [0.15, 0.2) is 0 Å². The maximum absolute atomic E-state index is 9.68. The highest BCUT2D eigenvalue weighted by atomic mass is 16.3. The Labute approximate surface area is 85.8 Å². The predicted octanol–water partition coefficient (Wildman–Crippen LogP) is 1.31. The Bertz CT molecular complexity index is 276. The zero-order chi connectivity index (χ0) is 9.76. The largest absolute Gasteiger partial charge is 0.389 e. The van der Waals surface area contributed by atoms with E-state index < -0.39 is 0 Å². The van der Waals surface area contributed by atoms with E-state index in [2.05, 4.69) is 13.1 Å². The molecule has 2 atom stereocenters. The summed E-state index contributed by atoms with van der Waals surface area (Å²) in [5.74, 6) is 0.815. The normalized spacial score (nSPS) is 51.3. The second kappa shape index (κ2) is 2.83. The molecule has 3 heterocycles. The first-order valence-electron chi connectivity index (χ1n) is 5.93. The van der Waals surface area contributed by atoms with Gasteiger partial charge < -0.3 is 9.59 Å². The molecule has 0 aromatic rings. The zero-order valence-corrected chi connectivity index (χ0v) is 8.95. The highest BCUT2D eigenvalue weighted by molar-refractivity contribution is 5.21. The van der Waals surface area contributed by atoms with Crippen LogP contribution in [0.25, 0.3) is 0 Å². The zero-order valence-electron chi connectivity index (χ0n) is 8.95. The number of aliphatic hydroxyl groups is 1. The topological polar surface area (TPSA) is 20.2 Å². The number of hydrogen-bond acceptors (Lipinski definition) is 1. The molecule has 3 aliphatic heterocycles. The summed E-state index contributed by atoms with van der Waals surface area (Å²) in [4.78, 5) is 0. The molecule has 1 aliphatic carbocycles. The molecule has 0 radical (unpaired) electrons. The number of nitrogens with zero attached hydrogens (tertiary/aromatic N) is 1. The molecule has 2 bridgehead atoms. The summed E-state index contributed by atoms with van der Waals surface area (Å²) in [7, 11) is 2.41. The van der Waals surface area contributed by atoms with E-state index in [0.29, 0.717) is 0 Å². The molecule has 0 unspecified atom stereocenters. The van der Waals surface area contributed by atoms with Gasteiger partial charge in [-0.25, -0.2) is 0 Å². The van der Waals surface area contributed by atoms with Crippen molar-refractivity contribution in [2.45, 2.75) is 37.8 Å². The number of fused-ring (bicyclic) bond motifs is 2. The summed E-state index contributed by atoms with van der Waals surface area (Å²) in [6.45, 7) is 2.73. The van der Waals surface area contributed by atoms with Crippen molar-refractivity contribution in [3.63, 3.8) is 0 Å². The average Bonchev–Trinajstić information content (AvgIpc) is 2.18. The van der Waals surface area contributed by atoms with Crippen molar-refractivity contribution in [1.82, 2.24) is 0 Å². The van der Waals surface area contributed by atoms with Crippen molar-refractivity contribution in [3.05, 3.63) is 11.6 Å². The van der Waals surface area contributed by atoms with Gasteiger partial charge in [0.05, 0.1) is 26.2 Å². The molecule has 0 spiro atoms. The minimum absolute atomic E-state index is 0.145. The number of aliphatic hydroxyl groups excluding tert-OH is 1. The lowest BCUT2D eigenvalue weighted by Gasteiger charge is -2.55. The smallest absolute Gasteiger partial charge is 0.111 e. The van der Waals surface area contributed by atoms with Crippen LogP contribution in [0.2, 0.25) is 0 Å². The van der Waals surface area contributed by atoms with Crippen LogP contribution in [-0.2, 0) is 0 Å². The van der Waals surface area contributed by atoms with Crippen molar-refractivity contribution in [2.24, 2.45) is 5.92 Å². The Morgan fingerprint density at radius 3 is 2.64 bits per heavy atom. The van der Waals surface area contributed by atoms with Gasteiger partial charge in [-0.05, 0) is 17.9 Å². The summed E-state index contributed by atoms with van der Waals surface area (Å²) in [6, 6.07) is 0.755. The van der Waals surface area contributed by atoms with E-state index in [1.807, 2.05) is 0 Å². The van der Waals surface area contributed by atoms with Crippen molar-refractivity contribution < 1.29 is 9.59 Å². The van der Waals surface area contributed by atoms with Crippen molar-refractivity contribution in [2.75, 3.05) is 20.1 Å². The lowest BCUT2D eigenvalue weighted by Crippen LogP contribution is -2.63. The molecule has 1 N–H and O–H groups in total. The molecule has 3 fully saturated rings. The minimum Gasteiger partial charge on any atom is -0.389 e. The molecule has 2 heteroatoms. The first-order valence-corrected chi connectivity index (χ1v) is 5.93. The van der Waals surface area contributed by atoms with Gasteiger partial charge in [-0.15, -0.1) is 0 Å². The third-order valence-corrected chi connectivity index (χ3v) is 4.71. The number of hydrogen-bond donors (Lipinski definition) is 1. The van der Waals surface area contributed by atoms with Gasteiger partial charge in [0.1, 0.15) is 6.04 Å². The Morgan fingerprint density at radius 2 is 1.93 bits per heavy atom. The van der Waals surface area contributed by atoms with Crippen molar-refractivity contribution in [3.8, 4) is 0 Å². The average molecular weight is 194 g/mol. The van der Waals surface area contributed by atoms with E-state index in [1.54, 1.807) is 5.57 Å². The molecule has 4 aliphatic rings. The number of likely N-dealkylation sites (N-methyl/N-ethyl adjacent to an activating group) is 1. The Morgan fingerprint density at radius 1 is 1.21 bits per heavy atom. The van der Waals surface area contributed by atoms with E-state index in [9.17, 15) is 5.11 Å². The monoisotopic (exact) mass is 194 g/mol. The van der Waals surface area contributed by atoms with Gasteiger partial charge in [0, 0.05) is 19.3 Å². The second-order valence-electron chi connectivity index (χ2n) is 5.53. The predicted molar refractivity (Wildman–Crippen MR) is 55.8 cm³/mol. The first kappa shape index (κ1) is 8.93. The number of piperidine rings is 3. The molecule has 0 amide bonds. The lowest BCUT2D eigenvalue weighted by molar-refractivity contribution is -0.941. The van der Waals surface area contributed by atoms with Crippen molar-refractivity contribution >= 4 is 0 Å². The number of quaternary nitrogens is 1. The molecule has 0 aromatic heterocycles. The Hall–Kier alpha value is -0.340. The van der Waals surface area contributed by atoms with Gasteiger partial charge in [0.25, 0.3) is 0 Å². The minimum atomic E-state index is -0.145. The highest BCUT2D eigenvalue weighted by Crippen LogP contribution is 2.44. The van der Waals surface area contributed by atoms with E-state index >= 15 is 0 Å². The van der Waals surface area contributed by atoms with Gasteiger partial charge in [-0.2, -0.15) is 0 Å². The SMILES string of the molecule is C[N+]12CCC(CC1)C1=C[C@@H](O)CC[C@H]12. The quantitative estimate of drug-likeness (QED) is 0.455. The van der Waals surface area contributed by atoms with E-state index in [1.165, 1.54) is 36.8 Å². The van der Waals surface area contributed by atoms with E-state index in [0.717, 1.165) is 18.4 Å². The van der Waals surface area contributed by atoms with Crippen LogP contribution in [0.1, 0.15) is 25.7 Å². The summed E-state index contributed by atoms with van der Waals surface area (Å²) in [6.07, 6.45) is 6.92. The molecule has 4 rings (SSSR count). The molecule has 0 aromatic carbocycles. The Balaban J connectivity index is 1.99. The molecule has 14 heavy (non-hydrogen) atoms. The van der Waals surface area contributed by atoms with Crippen LogP contribution in [0.3, 0.4) is 0 Å². The van der Waals surface area contributed by atoms with Crippen LogP contribution >= 0.6 is 0 Å². The van der Waals surface area contributed by atoms with Crippen LogP contribution in [0.5, 0.6) is 0 Å². The molecule has 2 nitrogen and oxygen atoms in total. The van der Waals surface area contributed by atoms with Crippen LogP contribution in [0, 0.1) is 5.92 Å². The molecular weight excluding hydrogens is 174 g/mol. The van der Waals surface area contributed by atoms with Gasteiger partial charge in [-0.1, -0.05) is 6.08 Å². The molecule has 78 valence electrons. The van der Waals surface area contributed by atoms with Crippen LogP contribution in [0.4, 0.5) is 0 Å². The first-order chi connectivity index (χ1) is 6.69. The standard InChI is InChI=1S/C12H20NO/c1-13-6-4-9(5-7-13)11-8-10(14)2-3-12(11)13/h8-10,12,14H,2-7H2,1H3/q+1/t9?,10-,12+,13?/m0/s1. The van der Waals surface area contributed by atoms with Gasteiger partial charge >= 0.3 is 0 Å². The molecule has 0 saturated carbocycles. The summed E-state index contributed by atoms with van der Waals surface area (Å²) < 4.78 is 1.26. The van der Waals surface area contributed by atoms with Gasteiger partial charge in [0.2, 0.25) is 0 Å². The molecule has 3 saturated heterocycles. The maximum atomic E-state index is 9.68. The van der Waals surface area contributed by atoms with Crippen LogP contribution < -0.4 is 0 Å². The third-order valence-electron chi connectivity index (χ3n) is 4.71. The van der Waals surface area contributed by atoms with Gasteiger partial charge in [-0.3, -0.25) is 0 Å². The fourth-order valence-electron chi connectivity index (χ4n) is 3.79. The summed E-state index contributed by atoms with van der Waals surface area (Å²) in [5.41, 5.74) is 1.60. The van der Waals surface area contributed by atoms with E-state index in [-0.39, 0.29) is 6.10 Å². The van der Waals surface area contributed by atoms with Crippen LogP contribution in [-0.4, -0.2) is 41.9 Å². The van der Waals surface area contributed by atoms with E-state index in [4.69, 9.17) is 0 Å². The fourth-order valence-corrected chi connectivity index (χ4v) is 3.79. The summed E-state index contributed by atoms with van der Waals surface area (Å²) in [5, 5.41) is 9.68. The Kier molecular flexibility index (Phi) is 1.80. The van der Waals surface area contributed by atoms with Crippen LogP contribution in [0.15, 0.2) is 11.6 Å². The maximum Gasteiger partial charge on any atom is 0.111 e. The lowest BCUT2D eigenvalue weighted by atomic mass is 9.72. The van der Waals surface area contributed by atoms with Crippen molar-refractivity contribution in [1.29, 1.82) is 0 Å². The highest BCUT2D eigenvalue weighted by Gasteiger charge is 2.48. The molecular formula is C12H20NO+. The summed E-state index contributed by atoms with van der Waals surface area (Å²) >= 11 is 0.